The predicted octanol–water partition coefficient (Wildman–Crippen LogP) is 3.18. The van der Waals surface area contributed by atoms with E-state index in [0.717, 1.165) is 18.7 Å². The minimum Gasteiger partial charge on any atom is -0.422 e. The Hall–Kier alpha value is -3.48. The molecule has 2 aliphatic rings. The number of carbonyl (C=O) groups is 1. The van der Waals surface area contributed by atoms with Crippen molar-refractivity contribution in [3.05, 3.63) is 41.5 Å². The van der Waals surface area contributed by atoms with Crippen molar-refractivity contribution in [2.24, 2.45) is 0 Å². The summed E-state index contributed by atoms with van der Waals surface area (Å²) < 4.78 is 63.3. The van der Waals surface area contributed by atoms with Gasteiger partial charge >= 0.3 is 6.18 Å². The van der Waals surface area contributed by atoms with E-state index in [1.54, 1.807) is 4.90 Å². The zero-order valence-corrected chi connectivity index (χ0v) is 19.6. The number of rotatable bonds is 5. The minimum absolute atomic E-state index is 0.0179. The van der Waals surface area contributed by atoms with E-state index in [0.29, 0.717) is 43.4 Å². The van der Waals surface area contributed by atoms with E-state index >= 15 is 0 Å². The van der Waals surface area contributed by atoms with Gasteiger partial charge in [0.1, 0.15) is 0 Å². The number of aromatic nitrogens is 3. The number of ether oxygens (including phenoxy) is 1. The van der Waals surface area contributed by atoms with E-state index in [9.17, 15) is 22.4 Å². The predicted molar refractivity (Wildman–Crippen MR) is 121 cm³/mol. The summed E-state index contributed by atoms with van der Waals surface area (Å²) >= 11 is 0. The molecule has 1 atom stereocenters. The fourth-order valence-corrected chi connectivity index (χ4v) is 4.16. The Morgan fingerprint density at radius 2 is 1.86 bits per heavy atom. The first-order valence-corrected chi connectivity index (χ1v) is 11.5. The van der Waals surface area contributed by atoms with Gasteiger partial charge in [0.05, 0.1) is 11.7 Å². The van der Waals surface area contributed by atoms with Crippen LogP contribution in [0.1, 0.15) is 23.0 Å². The van der Waals surface area contributed by atoms with Crippen LogP contribution in [-0.2, 0) is 4.74 Å². The topological polar surface area (TPSA) is 87.8 Å². The SMILES string of the molecule is Cc1ccc2oc(N3CCN(C(=O)c4cnc(N5CC(OC(C)C(F)(F)F)C5)c(F)c4)CC3)nc2n1. The van der Waals surface area contributed by atoms with Gasteiger partial charge in [-0.15, -0.1) is 0 Å². The van der Waals surface area contributed by atoms with Crippen molar-refractivity contribution < 1.29 is 31.5 Å². The van der Waals surface area contributed by atoms with Gasteiger partial charge in [0.25, 0.3) is 11.9 Å². The zero-order chi connectivity index (χ0) is 25.6. The van der Waals surface area contributed by atoms with Crippen LogP contribution in [0, 0.1) is 12.7 Å². The molecule has 3 aromatic rings. The van der Waals surface area contributed by atoms with Crippen molar-refractivity contribution in [1.29, 1.82) is 0 Å². The lowest BCUT2D eigenvalue weighted by Gasteiger charge is -2.41. The molecule has 5 heterocycles. The molecule has 192 valence electrons. The van der Waals surface area contributed by atoms with Gasteiger partial charge in [-0.05, 0) is 32.0 Å². The van der Waals surface area contributed by atoms with Crippen molar-refractivity contribution in [1.82, 2.24) is 19.9 Å². The highest BCUT2D eigenvalue weighted by Crippen LogP contribution is 2.29. The Balaban J connectivity index is 1.16. The molecule has 0 spiro atoms. The highest BCUT2D eigenvalue weighted by Gasteiger charge is 2.41. The van der Waals surface area contributed by atoms with Crippen LogP contribution in [0.3, 0.4) is 0 Å². The summed E-state index contributed by atoms with van der Waals surface area (Å²) in [7, 11) is 0. The Bertz CT molecular complexity index is 1270. The summed E-state index contributed by atoms with van der Waals surface area (Å²) in [5.74, 6) is -1.09. The summed E-state index contributed by atoms with van der Waals surface area (Å²) in [5.41, 5.74) is 2.05. The van der Waals surface area contributed by atoms with Gasteiger partial charge in [-0.3, -0.25) is 4.79 Å². The summed E-state index contributed by atoms with van der Waals surface area (Å²) in [4.78, 5) is 30.7. The number of hydrogen-bond donors (Lipinski definition) is 0. The molecule has 0 radical (unpaired) electrons. The van der Waals surface area contributed by atoms with Crippen molar-refractivity contribution in [3.8, 4) is 0 Å². The molecule has 0 N–H and O–H groups in total. The lowest BCUT2D eigenvalue weighted by molar-refractivity contribution is -0.228. The first-order valence-electron chi connectivity index (χ1n) is 11.5. The van der Waals surface area contributed by atoms with Crippen LogP contribution in [0.2, 0.25) is 0 Å². The molecule has 2 fully saturated rings. The van der Waals surface area contributed by atoms with Crippen LogP contribution in [0.25, 0.3) is 11.2 Å². The van der Waals surface area contributed by atoms with Gasteiger partial charge in [-0.2, -0.15) is 18.2 Å². The second-order valence-corrected chi connectivity index (χ2v) is 8.93. The van der Waals surface area contributed by atoms with Crippen molar-refractivity contribution >= 4 is 29.0 Å². The number of piperazine rings is 1. The summed E-state index contributed by atoms with van der Waals surface area (Å²) in [6.07, 6.45) is -5.72. The van der Waals surface area contributed by atoms with E-state index in [2.05, 4.69) is 15.0 Å². The van der Waals surface area contributed by atoms with Crippen LogP contribution in [0.5, 0.6) is 0 Å². The quantitative estimate of drug-likeness (QED) is 0.486. The molecular formula is C23H24F4N6O3. The van der Waals surface area contributed by atoms with Crippen LogP contribution < -0.4 is 9.80 Å². The molecule has 36 heavy (non-hydrogen) atoms. The fourth-order valence-electron chi connectivity index (χ4n) is 4.16. The molecule has 1 unspecified atom stereocenters. The van der Waals surface area contributed by atoms with Crippen LogP contribution in [0.15, 0.2) is 28.8 Å². The number of nitrogens with zero attached hydrogens (tertiary/aromatic N) is 6. The van der Waals surface area contributed by atoms with Gasteiger partial charge in [-0.1, -0.05) is 0 Å². The molecule has 2 saturated heterocycles. The van der Waals surface area contributed by atoms with Crippen LogP contribution in [-0.4, -0.2) is 83.4 Å². The Morgan fingerprint density at radius 1 is 1.14 bits per heavy atom. The Kier molecular flexibility index (Phi) is 6.18. The number of hydrogen-bond acceptors (Lipinski definition) is 8. The number of carbonyl (C=O) groups excluding carboxylic acids is 1. The third-order valence-corrected chi connectivity index (χ3v) is 6.29. The first kappa shape index (κ1) is 24.2. The zero-order valence-electron chi connectivity index (χ0n) is 19.6. The molecule has 3 aromatic heterocycles. The maximum Gasteiger partial charge on any atom is 0.414 e. The molecule has 13 heteroatoms. The van der Waals surface area contributed by atoms with E-state index in [1.165, 1.54) is 11.1 Å². The van der Waals surface area contributed by atoms with Crippen molar-refractivity contribution in [2.45, 2.75) is 32.2 Å². The Labute approximate surface area is 203 Å². The van der Waals surface area contributed by atoms with Gasteiger partial charge in [-0.25, -0.2) is 14.4 Å². The second-order valence-electron chi connectivity index (χ2n) is 8.93. The number of fused-ring (bicyclic) bond motifs is 1. The number of anilines is 2. The molecule has 1 amide bonds. The lowest BCUT2D eigenvalue weighted by Crippen LogP contribution is -2.55. The molecule has 0 aromatic carbocycles. The highest BCUT2D eigenvalue weighted by molar-refractivity contribution is 5.94. The van der Waals surface area contributed by atoms with Crippen molar-refractivity contribution in [2.75, 3.05) is 49.1 Å². The maximum absolute atomic E-state index is 14.7. The van der Waals surface area contributed by atoms with Crippen LogP contribution in [0.4, 0.5) is 29.4 Å². The molecule has 0 bridgehead atoms. The smallest absolute Gasteiger partial charge is 0.414 e. The van der Waals surface area contributed by atoms with Gasteiger partial charge in [0.2, 0.25) is 5.65 Å². The number of oxazole rings is 1. The van der Waals surface area contributed by atoms with E-state index in [-0.39, 0.29) is 30.4 Å². The first-order chi connectivity index (χ1) is 17.1. The van der Waals surface area contributed by atoms with E-state index in [4.69, 9.17) is 9.15 Å². The standard InChI is InChI=1S/C23H24F4N6O3/c1-13-3-4-18-19(29-13)30-22(36-18)32-7-5-31(6-8-32)21(34)15-9-17(24)20(28-10-15)33-11-16(12-33)35-14(2)23(25,26)27/h3-4,9-10,14,16H,5-8,11-12H2,1-2H3. The average Bonchev–Trinajstić information content (AvgIpc) is 3.23. The van der Waals surface area contributed by atoms with Crippen LogP contribution >= 0.6 is 0 Å². The number of halogens is 4. The molecule has 9 nitrogen and oxygen atoms in total. The van der Waals surface area contributed by atoms with Gasteiger partial charge < -0.3 is 23.9 Å². The summed E-state index contributed by atoms with van der Waals surface area (Å²) in [6.45, 7) is 4.72. The van der Waals surface area contributed by atoms with Gasteiger partial charge in [0, 0.05) is 51.2 Å². The number of aryl methyl sites for hydroxylation is 1. The molecule has 5 rings (SSSR count). The maximum atomic E-state index is 14.7. The number of alkyl halides is 3. The normalized spacial score (nSPS) is 18.0. The minimum atomic E-state index is -4.45. The van der Waals surface area contributed by atoms with Gasteiger partial charge in [0.15, 0.2) is 23.3 Å². The van der Waals surface area contributed by atoms with E-state index < -0.39 is 24.2 Å². The molecule has 0 aliphatic carbocycles. The second kappa shape index (κ2) is 9.19. The third kappa shape index (κ3) is 4.79. The van der Waals surface area contributed by atoms with E-state index in [1.807, 2.05) is 24.0 Å². The molecule has 0 saturated carbocycles. The average molecular weight is 508 g/mol. The monoisotopic (exact) mass is 508 g/mol. The highest BCUT2D eigenvalue weighted by atomic mass is 19.4. The fraction of sp³-hybridized carbons (Fsp3) is 0.478. The molecule has 2 aliphatic heterocycles. The summed E-state index contributed by atoms with van der Waals surface area (Å²) in [6, 6.07) is 5.21. The Morgan fingerprint density at radius 3 is 2.53 bits per heavy atom. The molecular weight excluding hydrogens is 484 g/mol. The summed E-state index contributed by atoms with van der Waals surface area (Å²) in [5, 5.41) is 0. The van der Waals surface area contributed by atoms with Crippen molar-refractivity contribution in [3.63, 3.8) is 0 Å². The number of pyridine rings is 2. The largest absolute Gasteiger partial charge is 0.422 e. The number of amides is 1. The third-order valence-electron chi connectivity index (χ3n) is 6.29. The lowest BCUT2D eigenvalue weighted by atomic mass is 10.1.